The van der Waals surface area contributed by atoms with E-state index >= 15 is 0 Å². The molecule has 0 aliphatic heterocycles. The number of pyridine rings is 1. The first-order chi connectivity index (χ1) is 12.6. The third-order valence-electron chi connectivity index (χ3n) is 3.56. The van der Waals surface area contributed by atoms with Gasteiger partial charge in [0.05, 0.1) is 11.6 Å². The van der Waals surface area contributed by atoms with Crippen LogP contribution in [0.2, 0.25) is 0 Å². The minimum Gasteiger partial charge on any atom is -0.347 e. The van der Waals surface area contributed by atoms with Gasteiger partial charge in [0, 0.05) is 30.7 Å². The summed E-state index contributed by atoms with van der Waals surface area (Å²) in [4.78, 5) is 24.8. The topological polar surface area (TPSA) is 104 Å². The second-order valence-corrected chi connectivity index (χ2v) is 5.54. The Labute approximate surface area is 150 Å². The minimum absolute atomic E-state index is 0.280. The molecule has 1 aromatic carbocycles. The summed E-state index contributed by atoms with van der Waals surface area (Å²) >= 11 is 0. The molecule has 3 aromatic rings. The van der Waals surface area contributed by atoms with Crippen LogP contribution in [0, 0.1) is 18.3 Å². The van der Waals surface area contributed by atoms with E-state index in [0.29, 0.717) is 23.8 Å². The lowest BCUT2D eigenvalue weighted by Crippen LogP contribution is -2.24. The summed E-state index contributed by atoms with van der Waals surface area (Å²) in [6, 6.07) is 14.3. The summed E-state index contributed by atoms with van der Waals surface area (Å²) in [6.07, 6.45) is 3.35. The third kappa shape index (κ3) is 4.39. The Bertz CT molecular complexity index is 948. The summed E-state index contributed by atoms with van der Waals surface area (Å²) in [7, 11) is 0. The van der Waals surface area contributed by atoms with Crippen molar-refractivity contribution in [1.29, 1.82) is 5.26 Å². The van der Waals surface area contributed by atoms with E-state index in [4.69, 9.17) is 5.26 Å². The average molecular weight is 344 g/mol. The van der Waals surface area contributed by atoms with Crippen molar-refractivity contribution in [3.63, 3.8) is 0 Å². The molecular formula is C19H16N6O. The van der Waals surface area contributed by atoms with E-state index in [1.807, 2.05) is 12.1 Å². The first-order valence-electron chi connectivity index (χ1n) is 7.94. The van der Waals surface area contributed by atoms with Gasteiger partial charge in [0.1, 0.15) is 17.3 Å². The Balaban J connectivity index is 1.72. The molecule has 7 heteroatoms. The molecule has 2 aromatic heterocycles. The Kier molecular flexibility index (Phi) is 5.15. The van der Waals surface area contributed by atoms with Gasteiger partial charge in [-0.05, 0) is 48.9 Å². The van der Waals surface area contributed by atoms with Crippen molar-refractivity contribution in [2.75, 3.05) is 5.32 Å². The first-order valence-corrected chi connectivity index (χ1v) is 7.94. The maximum absolute atomic E-state index is 12.4. The number of rotatable bonds is 5. The molecule has 2 heterocycles. The smallest absolute Gasteiger partial charge is 0.270 e. The molecule has 0 fully saturated rings. The SMILES string of the molecule is Cc1nc(Nc2ccc(C#N)cc2)cc(C(=O)NCc2ccncc2)n1. The van der Waals surface area contributed by atoms with Crippen LogP contribution in [0.4, 0.5) is 11.5 Å². The number of nitrogens with zero attached hydrogens (tertiary/aromatic N) is 4. The van der Waals surface area contributed by atoms with Crippen molar-refractivity contribution in [3.8, 4) is 6.07 Å². The maximum Gasteiger partial charge on any atom is 0.270 e. The zero-order valence-corrected chi connectivity index (χ0v) is 14.1. The molecule has 128 valence electrons. The summed E-state index contributed by atoms with van der Waals surface area (Å²) in [5.41, 5.74) is 2.58. The van der Waals surface area contributed by atoms with Gasteiger partial charge >= 0.3 is 0 Å². The molecule has 1 amide bonds. The van der Waals surface area contributed by atoms with Crippen molar-refractivity contribution < 1.29 is 4.79 Å². The highest BCUT2D eigenvalue weighted by Gasteiger charge is 2.10. The normalized spacial score (nSPS) is 10.0. The predicted octanol–water partition coefficient (Wildman–Crippen LogP) is 2.73. The van der Waals surface area contributed by atoms with Gasteiger partial charge in [-0.15, -0.1) is 0 Å². The van der Waals surface area contributed by atoms with E-state index < -0.39 is 0 Å². The standard InChI is InChI=1S/C19H16N6O/c1-13-23-17(19(26)22-12-15-6-8-21-9-7-15)10-18(24-13)25-16-4-2-14(11-20)3-5-16/h2-10H,12H2,1H3,(H,22,26)(H,23,24,25). The Morgan fingerprint density at radius 1 is 1.12 bits per heavy atom. The number of carbonyl (C=O) groups is 1. The fraction of sp³-hybridized carbons (Fsp3) is 0.105. The van der Waals surface area contributed by atoms with Crippen molar-refractivity contribution in [2.45, 2.75) is 13.5 Å². The van der Waals surface area contributed by atoms with E-state index in [9.17, 15) is 4.79 Å². The van der Waals surface area contributed by atoms with Crippen LogP contribution in [0.25, 0.3) is 0 Å². The highest BCUT2D eigenvalue weighted by atomic mass is 16.1. The molecule has 0 saturated carbocycles. The van der Waals surface area contributed by atoms with E-state index in [1.54, 1.807) is 49.6 Å². The molecule has 0 radical (unpaired) electrons. The van der Waals surface area contributed by atoms with Crippen LogP contribution in [-0.4, -0.2) is 20.9 Å². The monoisotopic (exact) mass is 344 g/mol. The number of benzene rings is 1. The van der Waals surface area contributed by atoms with E-state index in [2.05, 4.69) is 31.7 Å². The number of aromatic nitrogens is 3. The molecule has 0 aliphatic carbocycles. The van der Waals surface area contributed by atoms with Crippen molar-refractivity contribution >= 4 is 17.4 Å². The van der Waals surface area contributed by atoms with Crippen LogP contribution in [0.5, 0.6) is 0 Å². The maximum atomic E-state index is 12.4. The van der Waals surface area contributed by atoms with Crippen LogP contribution < -0.4 is 10.6 Å². The molecule has 26 heavy (non-hydrogen) atoms. The molecule has 0 saturated heterocycles. The first kappa shape index (κ1) is 17.0. The molecular weight excluding hydrogens is 328 g/mol. The molecule has 2 N–H and O–H groups in total. The largest absolute Gasteiger partial charge is 0.347 e. The number of hydrogen-bond donors (Lipinski definition) is 2. The highest BCUT2D eigenvalue weighted by molar-refractivity contribution is 5.93. The number of aryl methyl sites for hydroxylation is 1. The van der Waals surface area contributed by atoms with E-state index in [1.165, 1.54) is 0 Å². The van der Waals surface area contributed by atoms with E-state index in [-0.39, 0.29) is 11.6 Å². The Morgan fingerprint density at radius 2 is 1.85 bits per heavy atom. The summed E-state index contributed by atoms with van der Waals surface area (Å²) in [6.45, 7) is 2.12. The quantitative estimate of drug-likeness (QED) is 0.737. The number of carbonyl (C=O) groups excluding carboxylic acids is 1. The van der Waals surface area contributed by atoms with Gasteiger partial charge < -0.3 is 10.6 Å². The molecule has 0 bridgehead atoms. The number of amides is 1. The molecule has 0 unspecified atom stereocenters. The Hall–Kier alpha value is -3.79. The van der Waals surface area contributed by atoms with E-state index in [0.717, 1.165) is 11.3 Å². The fourth-order valence-electron chi connectivity index (χ4n) is 2.30. The molecule has 0 spiro atoms. The van der Waals surface area contributed by atoms with Crippen molar-refractivity contribution in [3.05, 3.63) is 77.5 Å². The number of anilines is 2. The Morgan fingerprint density at radius 3 is 2.54 bits per heavy atom. The van der Waals surface area contributed by atoms with Gasteiger partial charge in [-0.3, -0.25) is 9.78 Å². The lowest BCUT2D eigenvalue weighted by Gasteiger charge is -2.09. The minimum atomic E-state index is -0.282. The van der Waals surface area contributed by atoms with Crippen LogP contribution >= 0.6 is 0 Å². The summed E-state index contributed by atoms with van der Waals surface area (Å²) in [5, 5.41) is 14.8. The number of nitriles is 1. The molecule has 7 nitrogen and oxygen atoms in total. The highest BCUT2D eigenvalue weighted by Crippen LogP contribution is 2.16. The molecule has 0 atom stereocenters. The fourth-order valence-corrected chi connectivity index (χ4v) is 2.30. The van der Waals surface area contributed by atoms with Gasteiger partial charge in [-0.2, -0.15) is 5.26 Å². The predicted molar refractivity (Wildman–Crippen MR) is 96.6 cm³/mol. The lowest BCUT2D eigenvalue weighted by molar-refractivity contribution is 0.0945. The van der Waals surface area contributed by atoms with Crippen LogP contribution in [0.15, 0.2) is 54.9 Å². The second kappa shape index (κ2) is 7.85. The number of hydrogen-bond acceptors (Lipinski definition) is 6. The van der Waals surface area contributed by atoms with Crippen LogP contribution in [0.3, 0.4) is 0 Å². The van der Waals surface area contributed by atoms with Gasteiger partial charge in [0.2, 0.25) is 0 Å². The molecule has 0 aliphatic rings. The van der Waals surface area contributed by atoms with Gasteiger partial charge in [-0.1, -0.05) is 0 Å². The average Bonchev–Trinajstić information content (AvgIpc) is 2.67. The summed E-state index contributed by atoms with van der Waals surface area (Å²) < 4.78 is 0. The van der Waals surface area contributed by atoms with Crippen molar-refractivity contribution in [2.24, 2.45) is 0 Å². The third-order valence-corrected chi connectivity index (χ3v) is 3.56. The summed E-state index contributed by atoms with van der Waals surface area (Å²) in [5.74, 6) is 0.712. The zero-order valence-electron chi connectivity index (χ0n) is 14.1. The van der Waals surface area contributed by atoms with Crippen LogP contribution in [-0.2, 0) is 6.54 Å². The van der Waals surface area contributed by atoms with Gasteiger partial charge in [-0.25, -0.2) is 9.97 Å². The zero-order chi connectivity index (χ0) is 18.4. The number of nitrogens with one attached hydrogen (secondary N) is 2. The van der Waals surface area contributed by atoms with Crippen molar-refractivity contribution in [1.82, 2.24) is 20.3 Å². The second-order valence-electron chi connectivity index (χ2n) is 5.54. The van der Waals surface area contributed by atoms with Crippen LogP contribution in [0.1, 0.15) is 27.4 Å². The molecule has 3 rings (SSSR count). The van der Waals surface area contributed by atoms with Gasteiger partial charge in [0.25, 0.3) is 5.91 Å². The van der Waals surface area contributed by atoms with Gasteiger partial charge in [0.15, 0.2) is 0 Å². The lowest BCUT2D eigenvalue weighted by atomic mass is 10.2.